The third kappa shape index (κ3) is 3.99. The molecule has 2 aromatic heterocycles. The standard InChI is InChI=1S/C19H12ClFN4OS/c20-14-8-12(21)4-3-11(14)10-23-19-25-18(26)17(27-19)9-13-5-6-15-16(24-13)2-1-7-22-15/h1-9H,10H2,(H,23,25,26)/b17-9-. The Morgan fingerprint density at radius 2 is 2.11 bits per heavy atom. The summed E-state index contributed by atoms with van der Waals surface area (Å²) < 4.78 is 13.1. The van der Waals surface area contributed by atoms with E-state index in [4.69, 9.17) is 11.6 Å². The summed E-state index contributed by atoms with van der Waals surface area (Å²) in [6.07, 6.45) is 3.42. The van der Waals surface area contributed by atoms with Gasteiger partial charge in [0.25, 0.3) is 5.91 Å². The van der Waals surface area contributed by atoms with Crippen molar-refractivity contribution in [3.63, 3.8) is 0 Å². The van der Waals surface area contributed by atoms with Gasteiger partial charge in [0.15, 0.2) is 5.17 Å². The van der Waals surface area contributed by atoms with Crippen molar-refractivity contribution in [2.45, 2.75) is 6.54 Å². The normalized spacial score (nSPS) is 17.0. The fourth-order valence-electron chi connectivity index (χ4n) is 2.50. The van der Waals surface area contributed by atoms with Gasteiger partial charge in [0.2, 0.25) is 0 Å². The summed E-state index contributed by atoms with van der Waals surface area (Å²) in [6, 6.07) is 11.5. The first-order chi connectivity index (χ1) is 13.1. The number of amides is 1. The van der Waals surface area contributed by atoms with Crippen LogP contribution in [0.5, 0.6) is 0 Å². The molecule has 1 saturated heterocycles. The van der Waals surface area contributed by atoms with Crippen LogP contribution < -0.4 is 5.32 Å². The van der Waals surface area contributed by atoms with E-state index < -0.39 is 5.82 Å². The molecule has 0 spiro atoms. The van der Waals surface area contributed by atoms with E-state index in [1.807, 2.05) is 24.3 Å². The smallest absolute Gasteiger partial charge is 0.264 e. The van der Waals surface area contributed by atoms with Gasteiger partial charge in [-0.1, -0.05) is 17.7 Å². The molecule has 1 N–H and O–H groups in total. The molecule has 3 heterocycles. The molecule has 1 aliphatic rings. The predicted molar refractivity (Wildman–Crippen MR) is 106 cm³/mol. The van der Waals surface area contributed by atoms with E-state index in [1.165, 1.54) is 23.9 Å². The molecular formula is C19H12ClFN4OS. The highest BCUT2D eigenvalue weighted by Gasteiger charge is 2.23. The molecule has 1 aromatic carbocycles. The van der Waals surface area contributed by atoms with Crippen LogP contribution in [0.1, 0.15) is 11.3 Å². The molecule has 1 aliphatic heterocycles. The highest BCUT2D eigenvalue weighted by Crippen LogP contribution is 2.27. The van der Waals surface area contributed by atoms with E-state index in [0.29, 0.717) is 26.4 Å². The molecule has 3 aromatic rings. The number of hydrogen-bond acceptors (Lipinski definition) is 5. The molecule has 134 valence electrons. The molecule has 0 bridgehead atoms. The van der Waals surface area contributed by atoms with Crippen LogP contribution in [0.25, 0.3) is 17.1 Å². The molecule has 1 amide bonds. The molecule has 0 aliphatic carbocycles. The number of pyridine rings is 2. The van der Waals surface area contributed by atoms with Crippen molar-refractivity contribution >= 4 is 51.5 Å². The van der Waals surface area contributed by atoms with E-state index in [0.717, 1.165) is 11.0 Å². The lowest BCUT2D eigenvalue weighted by atomic mass is 10.2. The molecule has 8 heteroatoms. The average Bonchev–Trinajstić information content (AvgIpc) is 3.00. The number of rotatable bonds is 3. The third-order valence-electron chi connectivity index (χ3n) is 3.82. The summed E-state index contributed by atoms with van der Waals surface area (Å²) in [7, 11) is 0. The summed E-state index contributed by atoms with van der Waals surface area (Å²) >= 11 is 7.22. The summed E-state index contributed by atoms with van der Waals surface area (Å²) in [5.74, 6) is -0.639. The number of aromatic nitrogens is 2. The number of carbonyl (C=O) groups excluding carboxylic acids is 1. The van der Waals surface area contributed by atoms with Crippen LogP contribution in [0.15, 0.2) is 58.6 Å². The minimum atomic E-state index is -0.400. The van der Waals surface area contributed by atoms with Crippen molar-refractivity contribution in [2.24, 2.45) is 4.99 Å². The van der Waals surface area contributed by atoms with E-state index >= 15 is 0 Å². The second kappa shape index (κ2) is 7.46. The van der Waals surface area contributed by atoms with Crippen molar-refractivity contribution in [3.05, 3.63) is 75.7 Å². The molecule has 4 rings (SSSR count). The Hall–Kier alpha value is -2.77. The van der Waals surface area contributed by atoms with Gasteiger partial charge in [0.1, 0.15) is 5.82 Å². The van der Waals surface area contributed by atoms with Gasteiger partial charge < -0.3 is 5.32 Å². The molecule has 0 radical (unpaired) electrons. The molecular weight excluding hydrogens is 387 g/mol. The van der Waals surface area contributed by atoms with Gasteiger partial charge in [-0.2, -0.15) is 0 Å². The lowest BCUT2D eigenvalue weighted by molar-refractivity contribution is -0.115. The molecule has 27 heavy (non-hydrogen) atoms. The highest BCUT2D eigenvalue weighted by atomic mass is 35.5. The Balaban J connectivity index is 1.53. The minimum absolute atomic E-state index is 0.239. The van der Waals surface area contributed by atoms with Crippen LogP contribution in [0.4, 0.5) is 4.39 Å². The lowest BCUT2D eigenvalue weighted by Gasteiger charge is -2.01. The Morgan fingerprint density at radius 1 is 1.22 bits per heavy atom. The quantitative estimate of drug-likeness (QED) is 0.672. The molecule has 0 unspecified atom stereocenters. The van der Waals surface area contributed by atoms with Gasteiger partial charge in [0.05, 0.1) is 28.2 Å². The summed E-state index contributed by atoms with van der Waals surface area (Å²) in [5, 5.41) is 3.48. The van der Waals surface area contributed by atoms with E-state index in [-0.39, 0.29) is 12.5 Å². The number of halogens is 2. The van der Waals surface area contributed by atoms with Crippen molar-refractivity contribution in [1.82, 2.24) is 15.3 Å². The fraction of sp³-hybridized carbons (Fsp3) is 0.0526. The predicted octanol–water partition coefficient (Wildman–Crippen LogP) is 4.18. The van der Waals surface area contributed by atoms with Crippen molar-refractivity contribution in [3.8, 4) is 0 Å². The first-order valence-corrected chi connectivity index (χ1v) is 9.19. The van der Waals surface area contributed by atoms with E-state index in [9.17, 15) is 9.18 Å². The maximum absolute atomic E-state index is 13.1. The highest BCUT2D eigenvalue weighted by molar-refractivity contribution is 8.18. The number of amidine groups is 1. The van der Waals surface area contributed by atoms with Gasteiger partial charge in [-0.05, 0) is 59.8 Å². The molecule has 0 saturated carbocycles. The Labute approximate surface area is 163 Å². The number of nitrogens with zero attached hydrogens (tertiary/aromatic N) is 3. The van der Waals surface area contributed by atoms with Crippen molar-refractivity contribution in [1.29, 1.82) is 0 Å². The number of aliphatic imine (C=N–C) groups is 1. The van der Waals surface area contributed by atoms with Gasteiger partial charge in [-0.15, -0.1) is 0 Å². The second-order valence-corrected chi connectivity index (χ2v) is 7.14. The first kappa shape index (κ1) is 17.6. The van der Waals surface area contributed by atoms with Crippen LogP contribution in [0, 0.1) is 5.82 Å². The third-order valence-corrected chi connectivity index (χ3v) is 5.12. The number of benzene rings is 1. The van der Waals surface area contributed by atoms with Gasteiger partial charge in [0, 0.05) is 11.2 Å². The van der Waals surface area contributed by atoms with Crippen molar-refractivity contribution in [2.75, 3.05) is 0 Å². The topological polar surface area (TPSA) is 67.2 Å². The van der Waals surface area contributed by atoms with Gasteiger partial charge >= 0.3 is 0 Å². The first-order valence-electron chi connectivity index (χ1n) is 7.99. The zero-order chi connectivity index (χ0) is 18.8. The van der Waals surface area contributed by atoms with Crippen molar-refractivity contribution < 1.29 is 9.18 Å². The number of fused-ring (bicyclic) bond motifs is 1. The molecule has 1 fully saturated rings. The molecule has 0 atom stereocenters. The van der Waals surface area contributed by atoms with Crippen LogP contribution in [0.2, 0.25) is 5.02 Å². The number of carbonyl (C=O) groups is 1. The monoisotopic (exact) mass is 398 g/mol. The zero-order valence-corrected chi connectivity index (χ0v) is 15.4. The second-order valence-electron chi connectivity index (χ2n) is 5.70. The zero-order valence-electron chi connectivity index (χ0n) is 13.8. The summed E-state index contributed by atoms with van der Waals surface area (Å²) in [5.41, 5.74) is 2.90. The largest absolute Gasteiger partial charge is 0.301 e. The fourth-order valence-corrected chi connectivity index (χ4v) is 3.53. The Morgan fingerprint density at radius 3 is 2.96 bits per heavy atom. The Bertz CT molecular complexity index is 1120. The Kier molecular flexibility index (Phi) is 4.87. The maximum Gasteiger partial charge on any atom is 0.264 e. The summed E-state index contributed by atoms with van der Waals surface area (Å²) in [6.45, 7) is 0.245. The van der Waals surface area contributed by atoms with Gasteiger partial charge in [-0.25, -0.2) is 9.37 Å². The molecule has 5 nitrogen and oxygen atoms in total. The van der Waals surface area contributed by atoms with Crippen LogP contribution >= 0.6 is 23.4 Å². The van der Waals surface area contributed by atoms with Crippen LogP contribution in [-0.4, -0.2) is 21.0 Å². The maximum atomic E-state index is 13.1. The SMILES string of the molecule is O=C1NC(=NCc2ccc(F)cc2Cl)S/C1=C\c1ccc2ncccc2n1. The number of hydrogen-bond donors (Lipinski definition) is 1. The van der Waals surface area contributed by atoms with E-state index in [1.54, 1.807) is 18.3 Å². The average molecular weight is 399 g/mol. The lowest BCUT2D eigenvalue weighted by Crippen LogP contribution is -2.19. The van der Waals surface area contributed by atoms with E-state index in [2.05, 4.69) is 20.3 Å². The summed E-state index contributed by atoms with van der Waals surface area (Å²) in [4.78, 5) is 25.7. The number of nitrogens with one attached hydrogen (secondary N) is 1. The van der Waals surface area contributed by atoms with Gasteiger partial charge in [-0.3, -0.25) is 14.8 Å². The van der Waals surface area contributed by atoms with Crippen LogP contribution in [0.3, 0.4) is 0 Å². The number of thioether (sulfide) groups is 1. The van der Waals surface area contributed by atoms with Crippen LogP contribution in [-0.2, 0) is 11.3 Å². The minimum Gasteiger partial charge on any atom is -0.301 e.